The van der Waals surface area contributed by atoms with E-state index in [9.17, 15) is 24.7 Å². The van der Waals surface area contributed by atoms with Crippen molar-refractivity contribution in [2.24, 2.45) is 0 Å². The van der Waals surface area contributed by atoms with Crippen molar-refractivity contribution in [1.29, 1.82) is 5.41 Å². The summed E-state index contributed by atoms with van der Waals surface area (Å²) in [6.07, 6.45) is -7.07. The van der Waals surface area contributed by atoms with Gasteiger partial charge >= 0.3 is 13.9 Å². The molecule has 2 saturated heterocycles. The zero-order chi connectivity index (χ0) is 16.7. The Balaban J connectivity index is 2.04. The van der Waals surface area contributed by atoms with Crippen LogP contribution in [0.5, 0.6) is 0 Å². The summed E-state index contributed by atoms with van der Waals surface area (Å²) >= 11 is 0. The second-order valence-corrected chi connectivity index (χ2v) is 6.08. The number of hydrogen-bond acceptors (Lipinski definition) is 8. The summed E-state index contributed by atoms with van der Waals surface area (Å²) in [7, 11) is -4.78. The standard InChI is InChI=1S/C9H16N3O9P/c10-7-3(13)1-12(9(16)11-7)8-6(15)5(14)4(21-8)2-20-22(17,18)19/h3-6,8,13-15H,1-2H2,(H2,10,11,16)(H2,17,18,19)/t3?,4-,5-,6-,8-/m1/s1. The van der Waals surface area contributed by atoms with Crippen LogP contribution in [0.4, 0.5) is 4.79 Å². The average Bonchev–Trinajstić information content (AvgIpc) is 2.68. The van der Waals surface area contributed by atoms with Gasteiger partial charge in [0, 0.05) is 0 Å². The fourth-order valence-electron chi connectivity index (χ4n) is 2.15. The van der Waals surface area contributed by atoms with Crippen LogP contribution >= 0.6 is 7.82 Å². The largest absolute Gasteiger partial charge is 0.469 e. The summed E-state index contributed by atoms with van der Waals surface area (Å²) in [6.45, 7) is -1.04. The number of aliphatic hydroxyl groups is 3. The lowest BCUT2D eigenvalue weighted by molar-refractivity contribution is -0.0856. The number of rotatable bonds is 4. The van der Waals surface area contributed by atoms with Crippen molar-refractivity contribution in [1.82, 2.24) is 10.2 Å². The highest BCUT2D eigenvalue weighted by Crippen LogP contribution is 2.37. The number of phosphoric acid groups is 1. The molecule has 2 heterocycles. The molecule has 5 atom stereocenters. The fourth-order valence-corrected chi connectivity index (χ4v) is 2.49. The molecule has 2 aliphatic rings. The van der Waals surface area contributed by atoms with E-state index in [1.807, 2.05) is 0 Å². The van der Waals surface area contributed by atoms with Gasteiger partial charge in [-0.1, -0.05) is 0 Å². The molecule has 13 heteroatoms. The van der Waals surface area contributed by atoms with Gasteiger partial charge in [0.1, 0.15) is 30.3 Å². The number of amidine groups is 1. The van der Waals surface area contributed by atoms with Crippen LogP contribution < -0.4 is 5.32 Å². The van der Waals surface area contributed by atoms with Gasteiger partial charge in [0.2, 0.25) is 0 Å². The number of nitrogens with zero attached hydrogens (tertiary/aromatic N) is 1. The van der Waals surface area contributed by atoms with Gasteiger partial charge in [-0.15, -0.1) is 0 Å². The molecule has 2 aliphatic heterocycles. The molecule has 126 valence electrons. The second kappa shape index (κ2) is 6.18. The van der Waals surface area contributed by atoms with Crippen LogP contribution in [0.15, 0.2) is 0 Å². The molecule has 0 bridgehead atoms. The van der Waals surface area contributed by atoms with Crippen LogP contribution in [0.1, 0.15) is 0 Å². The zero-order valence-electron chi connectivity index (χ0n) is 11.1. The molecule has 0 spiro atoms. The van der Waals surface area contributed by atoms with Crippen molar-refractivity contribution in [3.8, 4) is 0 Å². The minimum Gasteiger partial charge on any atom is -0.387 e. The Kier molecular flexibility index (Phi) is 4.84. The Morgan fingerprint density at radius 1 is 1.36 bits per heavy atom. The van der Waals surface area contributed by atoms with Crippen LogP contribution in [-0.4, -0.2) is 85.7 Å². The van der Waals surface area contributed by atoms with E-state index in [0.29, 0.717) is 0 Å². The van der Waals surface area contributed by atoms with E-state index in [1.165, 1.54) is 0 Å². The number of carbonyl (C=O) groups is 1. The predicted molar refractivity (Wildman–Crippen MR) is 67.6 cm³/mol. The number of urea groups is 1. The lowest BCUT2D eigenvalue weighted by atomic mass is 10.1. The maximum Gasteiger partial charge on any atom is 0.469 e. The number of phosphoric ester groups is 1. The molecule has 12 nitrogen and oxygen atoms in total. The van der Waals surface area contributed by atoms with Crippen LogP contribution in [0, 0.1) is 5.41 Å². The number of amides is 2. The maximum atomic E-state index is 11.7. The first kappa shape index (κ1) is 17.2. The third-order valence-electron chi connectivity index (χ3n) is 3.26. The summed E-state index contributed by atoms with van der Waals surface area (Å²) in [5.74, 6) is -0.407. The topological polar surface area (TPSA) is 193 Å². The van der Waals surface area contributed by atoms with Crippen molar-refractivity contribution in [2.75, 3.05) is 13.2 Å². The van der Waals surface area contributed by atoms with Crippen molar-refractivity contribution in [3.05, 3.63) is 0 Å². The van der Waals surface area contributed by atoms with E-state index in [4.69, 9.17) is 19.9 Å². The Morgan fingerprint density at radius 3 is 2.59 bits per heavy atom. The number of β-amino-alcohol motifs (C(OH)–C–C–N with tert-alkyl or cyclic N) is 1. The number of aliphatic hydroxyl groups excluding tert-OH is 3. The third-order valence-corrected chi connectivity index (χ3v) is 3.74. The maximum absolute atomic E-state index is 11.7. The molecule has 2 rings (SSSR count). The quantitative estimate of drug-likeness (QED) is 0.259. The van der Waals surface area contributed by atoms with Crippen molar-refractivity contribution < 1.29 is 43.7 Å². The van der Waals surface area contributed by atoms with Crippen LogP contribution in [0.2, 0.25) is 0 Å². The summed E-state index contributed by atoms with van der Waals surface area (Å²) in [5.41, 5.74) is 0. The molecule has 22 heavy (non-hydrogen) atoms. The molecule has 0 aromatic heterocycles. The Morgan fingerprint density at radius 2 is 2.00 bits per heavy atom. The van der Waals surface area contributed by atoms with E-state index in [0.717, 1.165) is 4.90 Å². The van der Waals surface area contributed by atoms with Gasteiger partial charge in [-0.05, 0) is 0 Å². The van der Waals surface area contributed by atoms with Crippen LogP contribution in [-0.2, 0) is 13.8 Å². The van der Waals surface area contributed by atoms with E-state index < -0.39 is 56.9 Å². The first-order valence-electron chi connectivity index (χ1n) is 6.16. The molecule has 0 saturated carbocycles. The van der Waals surface area contributed by atoms with Crippen LogP contribution in [0.25, 0.3) is 0 Å². The molecule has 2 fully saturated rings. The van der Waals surface area contributed by atoms with Gasteiger partial charge < -0.3 is 29.8 Å². The molecule has 1 unspecified atom stereocenters. The van der Waals surface area contributed by atoms with Gasteiger partial charge in [0.15, 0.2) is 6.23 Å². The van der Waals surface area contributed by atoms with Crippen LogP contribution in [0.3, 0.4) is 0 Å². The first-order chi connectivity index (χ1) is 10.1. The minimum absolute atomic E-state index is 0.342. The second-order valence-electron chi connectivity index (χ2n) is 4.84. The Bertz CT molecular complexity index is 511. The smallest absolute Gasteiger partial charge is 0.387 e. The summed E-state index contributed by atoms with van der Waals surface area (Å²) < 4.78 is 20.0. The molecule has 0 aromatic rings. The van der Waals surface area contributed by atoms with Crippen molar-refractivity contribution in [2.45, 2.75) is 30.6 Å². The van der Waals surface area contributed by atoms with Gasteiger partial charge in [-0.3, -0.25) is 20.1 Å². The zero-order valence-corrected chi connectivity index (χ0v) is 12.0. The number of ether oxygens (including phenoxy) is 1. The lowest BCUT2D eigenvalue weighted by Gasteiger charge is -2.35. The minimum atomic E-state index is -4.78. The molecular formula is C9H16N3O9P. The Hall–Kier alpha value is -1.11. The molecule has 2 amide bonds. The highest BCUT2D eigenvalue weighted by Gasteiger charge is 2.49. The summed E-state index contributed by atoms with van der Waals surface area (Å²) in [6, 6.07) is -0.817. The highest BCUT2D eigenvalue weighted by molar-refractivity contribution is 7.46. The normalized spacial score (nSPS) is 36.6. The summed E-state index contributed by atoms with van der Waals surface area (Å²) in [5, 5.41) is 38.6. The van der Waals surface area contributed by atoms with Gasteiger partial charge in [-0.25, -0.2) is 9.36 Å². The first-order valence-corrected chi connectivity index (χ1v) is 7.69. The van der Waals surface area contributed by atoms with Gasteiger partial charge in [0.25, 0.3) is 0 Å². The fraction of sp³-hybridized carbons (Fsp3) is 0.778. The SMILES string of the molecule is N=C1NC(=O)N([C@@H]2O[C@H](COP(=O)(O)O)[C@@H](O)[C@H]2O)CC1O. The monoisotopic (exact) mass is 341 g/mol. The number of carbonyl (C=O) groups excluding carboxylic acids is 1. The average molecular weight is 341 g/mol. The molecule has 0 aromatic carbocycles. The van der Waals surface area contributed by atoms with E-state index in [-0.39, 0.29) is 6.54 Å². The van der Waals surface area contributed by atoms with Gasteiger partial charge in [-0.2, -0.15) is 0 Å². The number of hydrogen-bond donors (Lipinski definition) is 7. The van der Waals surface area contributed by atoms with E-state index in [1.54, 1.807) is 0 Å². The van der Waals surface area contributed by atoms with E-state index in [2.05, 4.69) is 9.84 Å². The molecule has 7 N–H and O–H groups in total. The third kappa shape index (κ3) is 3.62. The molecule has 0 aliphatic carbocycles. The highest BCUT2D eigenvalue weighted by atomic mass is 31.2. The predicted octanol–water partition coefficient (Wildman–Crippen LogP) is -3.09. The van der Waals surface area contributed by atoms with Crippen molar-refractivity contribution in [3.63, 3.8) is 0 Å². The lowest BCUT2D eigenvalue weighted by Crippen LogP contribution is -2.61. The number of nitrogens with one attached hydrogen (secondary N) is 2. The van der Waals surface area contributed by atoms with Gasteiger partial charge in [0.05, 0.1) is 13.2 Å². The van der Waals surface area contributed by atoms with E-state index >= 15 is 0 Å². The van der Waals surface area contributed by atoms with Crippen molar-refractivity contribution >= 4 is 19.7 Å². The summed E-state index contributed by atoms with van der Waals surface area (Å²) in [4.78, 5) is 29.8. The Labute approximate surface area is 124 Å². The molecular weight excluding hydrogens is 325 g/mol. The molecule has 0 radical (unpaired) electrons.